The van der Waals surface area contributed by atoms with Crippen LogP contribution in [-0.2, 0) is 22.8 Å². The van der Waals surface area contributed by atoms with Gasteiger partial charge in [-0.05, 0) is 24.3 Å². The van der Waals surface area contributed by atoms with Gasteiger partial charge >= 0.3 is 6.18 Å². The zero-order chi connectivity index (χ0) is 23.8. The highest BCUT2D eigenvalue weighted by Gasteiger charge is 2.38. The number of halogens is 4. The lowest BCUT2D eigenvalue weighted by atomic mass is 10.0. The molecule has 1 fully saturated rings. The van der Waals surface area contributed by atoms with Gasteiger partial charge < -0.3 is 14.8 Å². The van der Waals surface area contributed by atoms with Crippen molar-refractivity contribution in [3.63, 3.8) is 0 Å². The molecule has 2 heterocycles. The molecule has 33 heavy (non-hydrogen) atoms. The second kappa shape index (κ2) is 8.68. The van der Waals surface area contributed by atoms with Gasteiger partial charge in [0, 0.05) is 43.7 Å². The molecule has 10 heteroatoms. The van der Waals surface area contributed by atoms with Crippen LogP contribution >= 0.6 is 0 Å². The maximum atomic E-state index is 14.5. The molecule has 4 rings (SSSR count). The number of nitrogens with one attached hydrogen (secondary N) is 1. The van der Waals surface area contributed by atoms with Crippen molar-refractivity contribution in [3.8, 4) is 0 Å². The lowest BCUT2D eigenvalue weighted by molar-refractivity contribution is -0.137. The van der Waals surface area contributed by atoms with Crippen LogP contribution in [0, 0.1) is 11.7 Å². The Balaban J connectivity index is 1.56. The molecule has 2 aromatic carbocycles. The van der Waals surface area contributed by atoms with E-state index in [9.17, 15) is 27.2 Å². The van der Waals surface area contributed by atoms with Gasteiger partial charge in [-0.3, -0.25) is 9.59 Å². The molecule has 0 radical (unpaired) electrons. The first kappa shape index (κ1) is 22.5. The van der Waals surface area contributed by atoms with Gasteiger partial charge in [0.2, 0.25) is 11.8 Å². The molecule has 1 aliphatic heterocycles. The summed E-state index contributed by atoms with van der Waals surface area (Å²) < 4.78 is 55.3. The summed E-state index contributed by atoms with van der Waals surface area (Å²) in [5.41, 5.74) is -0.603. The predicted octanol–water partition coefficient (Wildman–Crippen LogP) is 3.84. The minimum Gasteiger partial charge on any atom is -0.342 e. The van der Waals surface area contributed by atoms with Crippen LogP contribution in [0.3, 0.4) is 0 Å². The number of hydrogen-bond donors (Lipinski definition) is 1. The van der Waals surface area contributed by atoms with Crippen LogP contribution in [0.1, 0.15) is 29.4 Å². The highest BCUT2D eigenvalue weighted by atomic mass is 19.4. The van der Waals surface area contributed by atoms with E-state index in [0.29, 0.717) is 5.82 Å². The first-order valence-electron chi connectivity index (χ1n) is 10.1. The Labute approximate surface area is 186 Å². The SMILES string of the molecule is Cn1ccnc1C(NC(=O)C1CC(=O)N(c2cccc(C(F)(F)F)c2)C1)c1ccccc1F. The van der Waals surface area contributed by atoms with Crippen LogP contribution in [-0.4, -0.2) is 27.9 Å². The van der Waals surface area contributed by atoms with E-state index in [4.69, 9.17) is 0 Å². The molecule has 172 valence electrons. The summed E-state index contributed by atoms with van der Waals surface area (Å²) in [5.74, 6) is -1.93. The van der Waals surface area contributed by atoms with E-state index in [1.165, 1.54) is 41.4 Å². The molecule has 2 unspecified atom stereocenters. The molecule has 2 amide bonds. The van der Waals surface area contributed by atoms with Crippen molar-refractivity contribution in [1.29, 1.82) is 0 Å². The van der Waals surface area contributed by atoms with Gasteiger partial charge in [0.25, 0.3) is 0 Å². The van der Waals surface area contributed by atoms with E-state index < -0.39 is 41.3 Å². The molecule has 1 N–H and O–H groups in total. The van der Waals surface area contributed by atoms with Crippen LogP contribution in [0.2, 0.25) is 0 Å². The molecular weight excluding hydrogens is 440 g/mol. The van der Waals surface area contributed by atoms with Gasteiger partial charge in [-0.2, -0.15) is 13.2 Å². The maximum Gasteiger partial charge on any atom is 0.416 e. The molecule has 0 saturated carbocycles. The molecule has 0 bridgehead atoms. The van der Waals surface area contributed by atoms with E-state index >= 15 is 0 Å². The Hall–Kier alpha value is -3.69. The average molecular weight is 460 g/mol. The van der Waals surface area contributed by atoms with E-state index in [-0.39, 0.29) is 24.2 Å². The highest BCUT2D eigenvalue weighted by molar-refractivity contribution is 6.00. The largest absolute Gasteiger partial charge is 0.416 e. The minimum atomic E-state index is -4.55. The van der Waals surface area contributed by atoms with Crippen molar-refractivity contribution in [2.75, 3.05) is 11.4 Å². The summed E-state index contributed by atoms with van der Waals surface area (Å²) in [5, 5.41) is 2.77. The standard InChI is InChI=1S/C23H20F4N4O2/c1-30-10-9-28-21(30)20(17-7-2-3-8-18(17)24)29-22(33)14-11-19(32)31(13-14)16-6-4-5-15(12-16)23(25,26)27/h2-10,12,14,20H,11,13H2,1H3,(H,29,33). The number of hydrogen-bond acceptors (Lipinski definition) is 3. The number of rotatable bonds is 5. The number of aryl methyl sites for hydroxylation is 1. The van der Waals surface area contributed by atoms with Gasteiger partial charge in [0.1, 0.15) is 17.7 Å². The first-order valence-corrected chi connectivity index (χ1v) is 10.1. The average Bonchev–Trinajstić information content (AvgIpc) is 3.37. The molecule has 1 saturated heterocycles. The number of aromatic nitrogens is 2. The predicted molar refractivity (Wildman–Crippen MR) is 111 cm³/mol. The molecule has 0 aliphatic carbocycles. The third-order valence-electron chi connectivity index (χ3n) is 5.60. The van der Waals surface area contributed by atoms with Crippen molar-refractivity contribution in [2.24, 2.45) is 13.0 Å². The monoisotopic (exact) mass is 460 g/mol. The fourth-order valence-corrected chi connectivity index (χ4v) is 3.89. The topological polar surface area (TPSA) is 67.2 Å². The summed E-state index contributed by atoms with van der Waals surface area (Å²) in [6, 6.07) is 9.46. The number of imidazole rings is 1. The first-order chi connectivity index (χ1) is 15.6. The van der Waals surface area contributed by atoms with Crippen molar-refractivity contribution < 1.29 is 27.2 Å². The van der Waals surface area contributed by atoms with Crippen molar-refractivity contribution >= 4 is 17.5 Å². The molecular formula is C23H20F4N4O2. The maximum absolute atomic E-state index is 14.5. The second-order valence-electron chi connectivity index (χ2n) is 7.81. The third kappa shape index (κ3) is 4.59. The van der Waals surface area contributed by atoms with Crippen LogP contribution in [0.5, 0.6) is 0 Å². The molecule has 6 nitrogen and oxygen atoms in total. The lowest BCUT2D eigenvalue weighted by Gasteiger charge is -2.22. The summed E-state index contributed by atoms with van der Waals surface area (Å²) in [7, 11) is 1.71. The number of benzene rings is 2. The van der Waals surface area contributed by atoms with Gasteiger partial charge in [-0.25, -0.2) is 9.37 Å². The Bertz CT molecular complexity index is 1190. The number of amides is 2. The number of carbonyl (C=O) groups excluding carboxylic acids is 2. The summed E-state index contributed by atoms with van der Waals surface area (Å²) in [6.07, 6.45) is -1.55. The van der Waals surface area contributed by atoms with Gasteiger partial charge in [0.15, 0.2) is 0 Å². The lowest BCUT2D eigenvalue weighted by Crippen LogP contribution is -2.37. The Morgan fingerprint density at radius 1 is 1.18 bits per heavy atom. The van der Waals surface area contributed by atoms with Crippen LogP contribution in [0.4, 0.5) is 23.2 Å². The van der Waals surface area contributed by atoms with E-state index in [1.54, 1.807) is 23.9 Å². The highest BCUT2D eigenvalue weighted by Crippen LogP contribution is 2.34. The molecule has 2 atom stereocenters. The molecule has 1 aromatic heterocycles. The van der Waals surface area contributed by atoms with E-state index in [2.05, 4.69) is 10.3 Å². The molecule has 3 aromatic rings. The van der Waals surface area contributed by atoms with Crippen LogP contribution in [0.15, 0.2) is 60.9 Å². The molecule has 0 spiro atoms. The zero-order valence-electron chi connectivity index (χ0n) is 17.5. The van der Waals surface area contributed by atoms with Crippen molar-refractivity contribution in [2.45, 2.75) is 18.6 Å². The normalized spacial score (nSPS) is 17.3. The van der Waals surface area contributed by atoms with Crippen molar-refractivity contribution in [3.05, 3.63) is 83.7 Å². The van der Waals surface area contributed by atoms with Crippen molar-refractivity contribution in [1.82, 2.24) is 14.9 Å². The van der Waals surface area contributed by atoms with E-state index in [0.717, 1.165) is 12.1 Å². The smallest absolute Gasteiger partial charge is 0.342 e. The van der Waals surface area contributed by atoms with E-state index in [1.807, 2.05) is 0 Å². The third-order valence-corrected chi connectivity index (χ3v) is 5.60. The Kier molecular flexibility index (Phi) is 5.92. The summed E-state index contributed by atoms with van der Waals surface area (Å²) in [4.78, 5) is 31.0. The number of anilines is 1. The van der Waals surface area contributed by atoms with Crippen LogP contribution < -0.4 is 10.2 Å². The Morgan fingerprint density at radius 3 is 2.61 bits per heavy atom. The van der Waals surface area contributed by atoms with Gasteiger partial charge in [-0.1, -0.05) is 24.3 Å². The molecule has 1 aliphatic rings. The fourth-order valence-electron chi connectivity index (χ4n) is 3.89. The fraction of sp³-hybridized carbons (Fsp3) is 0.261. The Morgan fingerprint density at radius 2 is 1.94 bits per heavy atom. The number of carbonyl (C=O) groups is 2. The number of nitrogens with zero attached hydrogens (tertiary/aromatic N) is 3. The van der Waals surface area contributed by atoms with Gasteiger partial charge in [0.05, 0.1) is 11.5 Å². The van der Waals surface area contributed by atoms with Crippen LogP contribution in [0.25, 0.3) is 0 Å². The summed E-state index contributed by atoms with van der Waals surface area (Å²) in [6.45, 7) is -0.0868. The minimum absolute atomic E-state index is 0.0693. The summed E-state index contributed by atoms with van der Waals surface area (Å²) >= 11 is 0. The quantitative estimate of drug-likeness (QED) is 0.589. The zero-order valence-corrected chi connectivity index (χ0v) is 17.5. The number of alkyl halides is 3. The van der Waals surface area contributed by atoms with Gasteiger partial charge in [-0.15, -0.1) is 0 Å². The second-order valence-corrected chi connectivity index (χ2v) is 7.81.